The van der Waals surface area contributed by atoms with Gasteiger partial charge in [-0.2, -0.15) is 0 Å². The van der Waals surface area contributed by atoms with Crippen LogP contribution in [0.1, 0.15) is 33.3 Å². The molecule has 0 saturated heterocycles. The summed E-state index contributed by atoms with van der Waals surface area (Å²) in [5.74, 6) is 0.825. The number of guanidine groups is 1. The van der Waals surface area contributed by atoms with Crippen LogP contribution in [0.25, 0.3) is 11.3 Å². The summed E-state index contributed by atoms with van der Waals surface area (Å²) < 4.78 is 0. The summed E-state index contributed by atoms with van der Waals surface area (Å²) in [4.78, 5) is 11.2. The molecule has 0 atom stereocenters. The standard InChI is InChI=1S/C22H33N5/c1-17(2)27(18(3)4)14-13-25-22(23-5)26-16-19-9-8-10-20(15-19)21-11-6-7-12-24-21/h6-12,15,17-18H,13-14,16H2,1-5H3,(H2,23,25,26). The Bertz CT molecular complexity index is 702. The molecule has 0 aliphatic rings. The van der Waals surface area contributed by atoms with Crippen molar-refractivity contribution in [1.82, 2.24) is 20.5 Å². The van der Waals surface area contributed by atoms with Crippen LogP contribution in [0.3, 0.4) is 0 Å². The fourth-order valence-electron chi connectivity index (χ4n) is 3.20. The summed E-state index contributed by atoms with van der Waals surface area (Å²) in [5, 5.41) is 6.81. The SMILES string of the molecule is CN=C(NCCN(C(C)C)C(C)C)NCc1cccc(-c2ccccn2)c1. The van der Waals surface area contributed by atoms with E-state index in [2.05, 4.69) is 77.5 Å². The van der Waals surface area contributed by atoms with Gasteiger partial charge >= 0.3 is 0 Å². The fraction of sp³-hybridized carbons (Fsp3) is 0.455. The molecule has 1 aromatic heterocycles. The molecule has 0 aliphatic heterocycles. The van der Waals surface area contributed by atoms with Gasteiger partial charge in [-0.25, -0.2) is 0 Å². The first-order valence-corrected chi connectivity index (χ1v) is 9.72. The Labute approximate surface area is 163 Å². The quantitative estimate of drug-likeness (QED) is 0.554. The topological polar surface area (TPSA) is 52.6 Å². The van der Waals surface area contributed by atoms with Crippen molar-refractivity contribution in [3.8, 4) is 11.3 Å². The monoisotopic (exact) mass is 367 g/mol. The Morgan fingerprint density at radius 2 is 1.81 bits per heavy atom. The Morgan fingerprint density at radius 1 is 1.04 bits per heavy atom. The summed E-state index contributed by atoms with van der Waals surface area (Å²) in [5.41, 5.74) is 3.32. The number of aliphatic imine (C=N–C) groups is 1. The highest BCUT2D eigenvalue weighted by Gasteiger charge is 2.12. The lowest BCUT2D eigenvalue weighted by Crippen LogP contribution is -2.45. The van der Waals surface area contributed by atoms with E-state index in [4.69, 9.17) is 0 Å². The largest absolute Gasteiger partial charge is 0.355 e. The molecule has 0 amide bonds. The van der Waals surface area contributed by atoms with Gasteiger partial charge in [0, 0.05) is 50.5 Å². The summed E-state index contributed by atoms with van der Waals surface area (Å²) in [6, 6.07) is 15.5. The molecule has 0 fully saturated rings. The van der Waals surface area contributed by atoms with Gasteiger partial charge in [-0.1, -0.05) is 24.3 Å². The minimum Gasteiger partial charge on any atom is -0.355 e. The van der Waals surface area contributed by atoms with Gasteiger partial charge < -0.3 is 10.6 Å². The van der Waals surface area contributed by atoms with Crippen LogP contribution in [0.4, 0.5) is 0 Å². The van der Waals surface area contributed by atoms with Crippen LogP contribution >= 0.6 is 0 Å². The lowest BCUT2D eigenvalue weighted by atomic mass is 10.1. The molecule has 0 saturated carbocycles. The van der Waals surface area contributed by atoms with Crippen molar-refractivity contribution in [3.63, 3.8) is 0 Å². The Hall–Kier alpha value is -2.40. The van der Waals surface area contributed by atoms with Gasteiger partial charge in [-0.3, -0.25) is 14.9 Å². The van der Waals surface area contributed by atoms with Crippen molar-refractivity contribution in [2.24, 2.45) is 4.99 Å². The van der Waals surface area contributed by atoms with Gasteiger partial charge in [-0.05, 0) is 51.5 Å². The second-order valence-corrected chi connectivity index (χ2v) is 7.19. The van der Waals surface area contributed by atoms with Crippen molar-refractivity contribution in [2.75, 3.05) is 20.1 Å². The van der Waals surface area contributed by atoms with E-state index in [0.29, 0.717) is 12.1 Å². The number of benzene rings is 1. The van der Waals surface area contributed by atoms with E-state index in [1.165, 1.54) is 5.56 Å². The molecule has 1 aromatic carbocycles. The van der Waals surface area contributed by atoms with Gasteiger partial charge in [0.1, 0.15) is 0 Å². The third-order valence-corrected chi connectivity index (χ3v) is 4.56. The second-order valence-electron chi connectivity index (χ2n) is 7.19. The molecule has 2 aromatic rings. The van der Waals surface area contributed by atoms with Crippen LogP contribution in [0.15, 0.2) is 53.7 Å². The number of aromatic nitrogens is 1. The number of rotatable bonds is 8. The van der Waals surface area contributed by atoms with E-state index in [9.17, 15) is 0 Å². The molecule has 0 bridgehead atoms. The molecule has 0 spiro atoms. The van der Waals surface area contributed by atoms with Crippen LogP contribution in [0, 0.1) is 0 Å². The molecule has 146 valence electrons. The summed E-state index contributed by atoms with van der Waals surface area (Å²) in [6.45, 7) is 11.5. The molecule has 0 aliphatic carbocycles. The lowest BCUT2D eigenvalue weighted by molar-refractivity contribution is 0.178. The highest BCUT2D eigenvalue weighted by Crippen LogP contribution is 2.17. The zero-order chi connectivity index (χ0) is 19.6. The number of nitrogens with one attached hydrogen (secondary N) is 2. The maximum Gasteiger partial charge on any atom is 0.191 e. The molecule has 5 nitrogen and oxygen atoms in total. The smallest absolute Gasteiger partial charge is 0.191 e. The Morgan fingerprint density at radius 3 is 2.44 bits per heavy atom. The average Bonchev–Trinajstić information content (AvgIpc) is 2.67. The van der Waals surface area contributed by atoms with Crippen molar-refractivity contribution in [2.45, 2.75) is 46.3 Å². The molecular formula is C22H33N5. The van der Waals surface area contributed by atoms with Crippen molar-refractivity contribution in [1.29, 1.82) is 0 Å². The van der Waals surface area contributed by atoms with Crippen LogP contribution in [0.2, 0.25) is 0 Å². The molecule has 0 unspecified atom stereocenters. The fourth-order valence-corrected chi connectivity index (χ4v) is 3.20. The number of hydrogen-bond donors (Lipinski definition) is 2. The predicted molar refractivity (Wildman–Crippen MR) is 115 cm³/mol. The minimum absolute atomic E-state index is 0.538. The van der Waals surface area contributed by atoms with Crippen LogP contribution < -0.4 is 10.6 Å². The van der Waals surface area contributed by atoms with Gasteiger partial charge in [-0.15, -0.1) is 0 Å². The van der Waals surface area contributed by atoms with Gasteiger partial charge in [0.15, 0.2) is 5.96 Å². The molecule has 27 heavy (non-hydrogen) atoms. The van der Waals surface area contributed by atoms with E-state index < -0.39 is 0 Å². The van der Waals surface area contributed by atoms with Crippen LogP contribution in [0.5, 0.6) is 0 Å². The molecule has 1 heterocycles. The molecule has 2 rings (SSSR count). The van der Waals surface area contributed by atoms with Crippen LogP contribution in [-0.2, 0) is 6.54 Å². The summed E-state index contributed by atoms with van der Waals surface area (Å²) in [7, 11) is 1.81. The second kappa shape index (κ2) is 10.7. The molecular weight excluding hydrogens is 334 g/mol. The number of nitrogens with zero attached hydrogens (tertiary/aromatic N) is 3. The normalized spacial score (nSPS) is 12.1. The molecule has 2 N–H and O–H groups in total. The van der Waals surface area contributed by atoms with E-state index in [0.717, 1.165) is 36.9 Å². The van der Waals surface area contributed by atoms with Crippen molar-refractivity contribution >= 4 is 5.96 Å². The van der Waals surface area contributed by atoms with E-state index in [-0.39, 0.29) is 0 Å². The van der Waals surface area contributed by atoms with Gasteiger partial charge in [0.2, 0.25) is 0 Å². The lowest BCUT2D eigenvalue weighted by Gasteiger charge is -2.30. The maximum atomic E-state index is 4.43. The first-order valence-electron chi connectivity index (χ1n) is 9.72. The highest BCUT2D eigenvalue weighted by molar-refractivity contribution is 5.79. The van der Waals surface area contributed by atoms with Crippen molar-refractivity contribution < 1.29 is 0 Å². The highest BCUT2D eigenvalue weighted by atomic mass is 15.2. The zero-order valence-corrected chi connectivity index (χ0v) is 17.2. The van der Waals surface area contributed by atoms with Gasteiger partial charge in [0.05, 0.1) is 5.69 Å². The maximum absolute atomic E-state index is 4.43. The molecule has 0 radical (unpaired) electrons. The van der Waals surface area contributed by atoms with Crippen LogP contribution in [-0.4, -0.2) is 48.1 Å². The van der Waals surface area contributed by atoms with E-state index in [1.54, 1.807) is 0 Å². The number of hydrogen-bond acceptors (Lipinski definition) is 3. The van der Waals surface area contributed by atoms with E-state index in [1.807, 2.05) is 31.4 Å². The zero-order valence-electron chi connectivity index (χ0n) is 17.2. The molecule has 5 heteroatoms. The van der Waals surface area contributed by atoms with E-state index >= 15 is 0 Å². The van der Waals surface area contributed by atoms with Gasteiger partial charge in [0.25, 0.3) is 0 Å². The summed E-state index contributed by atoms with van der Waals surface area (Å²) >= 11 is 0. The predicted octanol–water partition coefficient (Wildman–Crippen LogP) is 3.53. The Balaban J connectivity index is 1.87. The summed E-state index contributed by atoms with van der Waals surface area (Å²) in [6.07, 6.45) is 1.82. The average molecular weight is 368 g/mol. The first-order chi connectivity index (χ1) is 13.0. The third-order valence-electron chi connectivity index (χ3n) is 4.56. The number of pyridine rings is 1. The Kier molecular flexibility index (Phi) is 8.27. The first kappa shape index (κ1) is 20.9. The third kappa shape index (κ3) is 6.68. The van der Waals surface area contributed by atoms with Crippen molar-refractivity contribution in [3.05, 3.63) is 54.2 Å². The minimum atomic E-state index is 0.538.